The number of carbonyl (C=O) groups is 6. The minimum absolute atomic E-state index is 0. The molecule has 0 heterocycles. The van der Waals surface area contributed by atoms with Gasteiger partial charge in [0.15, 0.2) is 0 Å². The van der Waals surface area contributed by atoms with Crippen LogP contribution in [0.1, 0.15) is 0 Å². The summed E-state index contributed by atoms with van der Waals surface area (Å²) in [4.78, 5) is 77.3. The van der Waals surface area contributed by atoms with Crippen LogP contribution in [0, 0.1) is 0 Å². The first-order valence-electron chi connectivity index (χ1n) is 9.22. The number of ether oxygens (including phenoxy) is 7. The maximum Gasteiger partial charge on any atom is 1.00 e. The molecule has 14 nitrogen and oxygen atoms in total. The minimum Gasteiger partial charge on any atom is -0.616 e. The van der Waals surface area contributed by atoms with Gasteiger partial charge >= 0.3 is 87.2 Å². The summed E-state index contributed by atoms with van der Waals surface area (Å²) in [6.45, 7) is 0. The Morgan fingerprint density at radius 3 is 0.806 bits per heavy atom. The second-order valence-corrected chi connectivity index (χ2v) is 6.07. The first kappa shape index (κ1) is 33.0. The van der Waals surface area contributed by atoms with Crippen LogP contribution in [0.2, 0.25) is 0 Å². The molecule has 0 N–H and O–H groups in total. The molecule has 1 aliphatic rings. The number of methoxy groups -OCH3 is 7. The molecule has 0 aromatic rings. The van der Waals surface area contributed by atoms with Gasteiger partial charge < -0.3 is 38.3 Å². The zero-order valence-electron chi connectivity index (χ0n) is 20.7. The van der Waals surface area contributed by atoms with E-state index in [2.05, 4.69) is 33.2 Å². The molecule has 190 valence electrons. The summed E-state index contributed by atoms with van der Waals surface area (Å²) < 4.78 is 32.5. The monoisotopic (exact) mass is 536 g/mol. The molecule has 0 radical (unpaired) electrons. The average Bonchev–Trinajstić information content (AvgIpc) is 3.02. The Bertz CT molecular complexity index is 1030. The van der Waals surface area contributed by atoms with Crippen molar-refractivity contribution in [2.24, 2.45) is 0 Å². The van der Waals surface area contributed by atoms with E-state index in [-0.39, 0.29) is 51.4 Å². The van der Waals surface area contributed by atoms with Crippen molar-refractivity contribution in [3.63, 3.8) is 0 Å². The third-order valence-electron chi connectivity index (χ3n) is 4.48. The van der Waals surface area contributed by atoms with Crippen LogP contribution in [0.4, 0.5) is 0 Å². The van der Waals surface area contributed by atoms with Crippen molar-refractivity contribution in [2.45, 2.75) is 0 Å². The van der Waals surface area contributed by atoms with E-state index in [1.165, 1.54) is 0 Å². The molecule has 1 rings (SSSR count). The molecule has 0 amide bonds. The van der Waals surface area contributed by atoms with E-state index in [0.29, 0.717) is 0 Å². The predicted octanol–water partition coefficient (Wildman–Crippen LogP) is -4.85. The molecule has 0 aromatic heterocycles. The molecule has 0 aromatic carbocycles. The minimum atomic E-state index is -1.47. The standard InChI is InChI=1S/C21H22O14.K/c1-29-15(22)8-9(16(23)30-2)11(18(25)32-4)13(20(27)34-6)14(21(28)35-7)12(19(26)33-5)10(8)17(24)31-3;/h22H,1-7H3;/q;+1/p-1. The third-order valence-corrected chi connectivity index (χ3v) is 4.48. The van der Waals surface area contributed by atoms with Crippen molar-refractivity contribution >= 4 is 35.8 Å². The number of hydrogen-bond acceptors (Lipinski definition) is 14. The second kappa shape index (κ2) is 14.5. The van der Waals surface area contributed by atoms with Crippen LogP contribution in [0.3, 0.4) is 0 Å². The number of esters is 6. The molecule has 0 bridgehead atoms. The summed E-state index contributed by atoms with van der Waals surface area (Å²) >= 11 is 0. The van der Waals surface area contributed by atoms with Crippen molar-refractivity contribution < 1.29 is 118 Å². The van der Waals surface area contributed by atoms with Gasteiger partial charge in [0.05, 0.1) is 82.0 Å². The zero-order valence-corrected chi connectivity index (χ0v) is 23.8. The topological polar surface area (TPSA) is 190 Å². The first-order valence-corrected chi connectivity index (χ1v) is 9.22. The van der Waals surface area contributed by atoms with Gasteiger partial charge in [0.25, 0.3) is 0 Å². The Hall–Kier alpha value is -2.98. The fourth-order valence-corrected chi connectivity index (χ4v) is 3.02. The molecule has 36 heavy (non-hydrogen) atoms. The average molecular weight is 536 g/mol. The Labute approximate surface area is 247 Å². The van der Waals surface area contributed by atoms with E-state index in [4.69, 9.17) is 0 Å². The molecule has 0 spiro atoms. The molecule has 0 aliphatic heterocycles. The second-order valence-electron chi connectivity index (χ2n) is 6.07. The van der Waals surface area contributed by atoms with E-state index in [1.807, 2.05) is 0 Å². The largest absolute Gasteiger partial charge is 1.00 e. The summed E-state index contributed by atoms with van der Waals surface area (Å²) in [6.07, 6.45) is 0. The van der Waals surface area contributed by atoms with E-state index in [1.54, 1.807) is 0 Å². The third kappa shape index (κ3) is 6.22. The molecule has 15 heteroatoms. The van der Waals surface area contributed by atoms with Gasteiger partial charge in [-0.1, -0.05) is 0 Å². The fraction of sp³-hybridized carbons (Fsp3) is 0.333. The zero-order chi connectivity index (χ0) is 27.0. The van der Waals surface area contributed by atoms with Crippen LogP contribution < -0.4 is 56.5 Å². The van der Waals surface area contributed by atoms with Crippen LogP contribution >= 0.6 is 0 Å². The molecular weight excluding hydrogens is 515 g/mol. The molecule has 0 saturated heterocycles. The molecule has 0 saturated carbocycles. The number of hydrogen-bond donors (Lipinski definition) is 0. The fourth-order valence-electron chi connectivity index (χ4n) is 3.02. The molecule has 1 aliphatic carbocycles. The summed E-state index contributed by atoms with van der Waals surface area (Å²) in [5.41, 5.74) is -7.54. The predicted molar refractivity (Wildman–Crippen MR) is 107 cm³/mol. The maximum atomic E-state index is 12.9. The summed E-state index contributed by atoms with van der Waals surface area (Å²) in [6, 6.07) is 0. The normalized spacial score (nSPS) is 13.0. The molecule has 0 unspecified atom stereocenters. The van der Waals surface area contributed by atoms with Gasteiger partial charge in [-0.3, -0.25) is 0 Å². The SMILES string of the molecule is COC(=O)C1=C(C(=O)OC)C(C(=O)OC)=C(C(=O)OC)C(C(=O)OC)=C(C(=O)OC)C1=C([O-])OC.[K+]. The van der Waals surface area contributed by atoms with Crippen molar-refractivity contribution in [1.82, 2.24) is 0 Å². The summed E-state index contributed by atoms with van der Waals surface area (Å²) in [7, 11) is 5.90. The quantitative estimate of drug-likeness (QED) is 0.130. The molecular formula is C21H21KO14. The van der Waals surface area contributed by atoms with Crippen LogP contribution in [0.25, 0.3) is 0 Å². The van der Waals surface area contributed by atoms with Gasteiger partial charge in [0, 0.05) is 5.57 Å². The van der Waals surface area contributed by atoms with Crippen molar-refractivity contribution in [1.29, 1.82) is 0 Å². The molecule has 0 fully saturated rings. The van der Waals surface area contributed by atoms with E-state index < -0.39 is 80.8 Å². The van der Waals surface area contributed by atoms with Gasteiger partial charge in [0.2, 0.25) is 0 Å². The number of carbonyl (C=O) groups excluding carboxylic acids is 6. The van der Waals surface area contributed by atoms with Crippen LogP contribution in [-0.2, 0) is 61.9 Å². The summed E-state index contributed by atoms with van der Waals surface area (Å²) in [5.74, 6) is -10.3. The van der Waals surface area contributed by atoms with E-state index in [0.717, 1.165) is 49.8 Å². The van der Waals surface area contributed by atoms with Crippen LogP contribution in [0.5, 0.6) is 0 Å². The van der Waals surface area contributed by atoms with Gasteiger partial charge in [-0.15, -0.1) is 0 Å². The van der Waals surface area contributed by atoms with Gasteiger partial charge in [0.1, 0.15) is 0 Å². The smallest absolute Gasteiger partial charge is 0.616 e. The number of rotatable bonds is 7. The van der Waals surface area contributed by atoms with Crippen molar-refractivity contribution in [2.75, 3.05) is 49.8 Å². The van der Waals surface area contributed by atoms with Crippen LogP contribution in [0.15, 0.2) is 45.0 Å². The Morgan fingerprint density at radius 1 is 0.417 bits per heavy atom. The van der Waals surface area contributed by atoms with Gasteiger partial charge in [-0.25, -0.2) is 28.8 Å². The van der Waals surface area contributed by atoms with Gasteiger partial charge in [-0.05, 0) is 7.11 Å². The van der Waals surface area contributed by atoms with Crippen molar-refractivity contribution in [3.05, 3.63) is 45.0 Å². The maximum absolute atomic E-state index is 12.9. The summed E-state index contributed by atoms with van der Waals surface area (Å²) in [5, 5.41) is 12.9. The van der Waals surface area contributed by atoms with Gasteiger partial charge in [-0.2, -0.15) is 0 Å². The van der Waals surface area contributed by atoms with E-state index >= 15 is 0 Å². The first-order chi connectivity index (χ1) is 16.5. The Balaban J connectivity index is 0.0000122. The molecule has 0 atom stereocenters. The Kier molecular flexibility index (Phi) is 13.3. The van der Waals surface area contributed by atoms with E-state index in [9.17, 15) is 33.9 Å². The van der Waals surface area contributed by atoms with Crippen LogP contribution in [-0.4, -0.2) is 85.6 Å². The Morgan fingerprint density at radius 2 is 0.611 bits per heavy atom. The van der Waals surface area contributed by atoms with Crippen molar-refractivity contribution in [3.8, 4) is 0 Å².